The highest BCUT2D eigenvalue weighted by Gasteiger charge is 2.35. The van der Waals surface area contributed by atoms with Gasteiger partial charge in [0.15, 0.2) is 0 Å². The van der Waals surface area contributed by atoms with E-state index < -0.39 is 22.2 Å². The Morgan fingerprint density at radius 2 is 2.06 bits per heavy atom. The lowest BCUT2D eigenvalue weighted by atomic mass is 9.99. The van der Waals surface area contributed by atoms with Crippen LogP contribution in [0, 0.1) is 11.8 Å². The number of anilines is 1. The Bertz CT molecular complexity index is 946. The summed E-state index contributed by atoms with van der Waals surface area (Å²) in [5.74, 6) is -0.217. The van der Waals surface area contributed by atoms with Crippen LogP contribution in [0.3, 0.4) is 0 Å². The predicted octanol–water partition coefficient (Wildman–Crippen LogP) is 1.15. The maximum atomic E-state index is 13.3. The van der Waals surface area contributed by atoms with E-state index in [0.29, 0.717) is 18.0 Å². The van der Waals surface area contributed by atoms with Gasteiger partial charge in [-0.15, -0.1) is 0 Å². The van der Waals surface area contributed by atoms with Crippen molar-refractivity contribution in [3.63, 3.8) is 0 Å². The minimum Gasteiger partial charge on any atom is -0.488 e. The highest BCUT2D eigenvalue weighted by atomic mass is 32.2. The van der Waals surface area contributed by atoms with Crippen molar-refractivity contribution in [1.82, 2.24) is 9.21 Å². The Morgan fingerprint density at radius 3 is 2.65 bits per heavy atom. The van der Waals surface area contributed by atoms with Gasteiger partial charge in [-0.25, -0.2) is 12.7 Å². The van der Waals surface area contributed by atoms with Crippen LogP contribution in [0.5, 0.6) is 5.75 Å². The van der Waals surface area contributed by atoms with Crippen LogP contribution in [0.15, 0.2) is 18.2 Å². The van der Waals surface area contributed by atoms with E-state index in [1.54, 1.807) is 30.0 Å². The Balaban J connectivity index is 1.96. The van der Waals surface area contributed by atoms with Gasteiger partial charge in [-0.05, 0) is 38.0 Å². The summed E-state index contributed by atoms with van der Waals surface area (Å²) in [4.78, 5) is 27.0. The second-order valence-electron chi connectivity index (χ2n) is 8.64. The quantitative estimate of drug-likeness (QED) is 0.640. The summed E-state index contributed by atoms with van der Waals surface area (Å²) in [5, 5.41) is 12.5. The molecule has 0 bridgehead atoms. The van der Waals surface area contributed by atoms with E-state index in [4.69, 9.17) is 4.74 Å². The van der Waals surface area contributed by atoms with Crippen LogP contribution in [-0.4, -0.2) is 79.7 Å². The fourth-order valence-electron chi connectivity index (χ4n) is 3.50. The number of nitrogens with zero attached hydrogens (tertiary/aromatic N) is 2. The molecule has 3 atom stereocenters. The van der Waals surface area contributed by atoms with E-state index in [1.165, 1.54) is 11.4 Å². The Hall–Kier alpha value is -2.17. The van der Waals surface area contributed by atoms with E-state index in [-0.39, 0.29) is 42.4 Å². The highest BCUT2D eigenvalue weighted by Crippen LogP contribution is 2.33. The van der Waals surface area contributed by atoms with E-state index in [2.05, 4.69) is 5.32 Å². The van der Waals surface area contributed by atoms with Gasteiger partial charge in [0.25, 0.3) is 5.91 Å². The number of fused-ring (bicyclic) bond motifs is 1. The number of hydrogen-bond acceptors (Lipinski definition) is 6. The number of hydrogen-bond donors (Lipinski definition) is 2. The molecular weight excluding hydrogens is 422 g/mol. The lowest BCUT2D eigenvalue weighted by molar-refractivity contribution is -0.117. The summed E-state index contributed by atoms with van der Waals surface area (Å²) in [7, 11) is -1.92. The molecule has 0 saturated heterocycles. The third-order valence-corrected chi connectivity index (χ3v) is 7.17. The minimum absolute atomic E-state index is 0.0247. The molecule has 0 unspecified atom stereocenters. The first-order valence-corrected chi connectivity index (χ1v) is 12.3. The van der Waals surface area contributed by atoms with Crippen LogP contribution in [0.2, 0.25) is 0 Å². The van der Waals surface area contributed by atoms with Crippen molar-refractivity contribution in [3.05, 3.63) is 23.8 Å². The molecular formula is C21H31N3O6S. The van der Waals surface area contributed by atoms with Crippen molar-refractivity contribution in [2.24, 2.45) is 11.8 Å². The average molecular weight is 454 g/mol. The fourth-order valence-corrected chi connectivity index (χ4v) is 3.91. The van der Waals surface area contributed by atoms with Gasteiger partial charge in [0, 0.05) is 31.1 Å². The van der Waals surface area contributed by atoms with Crippen LogP contribution >= 0.6 is 0 Å². The standard InChI is InChI=1S/C21H31N3O6S/c1-13-10-24(14(2)12-25)21(27)17-9-16(22-20(26)15-5-6-15)7-8-18(17)30-19(13)11-23(3)31(4,28)29/h7-9,13-15,19,25H,5-6,10-12H2,1-4H3,(H,22,26)/t13-,14-,19+/m0/s1. The molecule has 3 rings (SSSR count). The first-order chi connectivity index (χ1) is 14.5. The second-order valence-corrected chi connectivity index (χ2v) is 10.7. The van der Waals surface area contributed by atoms with Gasteiger partial charge in [-0.3, -0.25) is 9.59 Å². The molecule has 1 heterocycles. The number of amides is 2. The molecule has 1 aliphatic carbocycles. The summed E-state index contributed by atoms with van der Waals surface area (Å²) < 4.78 is 31.2. The maximum Gasteiger partial charge on any atom is 0.258 e. The first kappa shape index (κ1) is 23.5. The zero-order valence-corrected chi connectivity index (χ0v) is 19.2. The third kappa shape index (κ3) is 5.55. The van der Waals surface area contributed by atoms with Crippen molar-refractivity contribution in [3.8, 4) is 5.75 Å². The van der Waals surface area contributed by atoms with Crippen molar-refractivity contribution in [2.75, 3.05) is 38.3 Å². The first-order valence-electron chi connectivity index (χ1n) is 10.5. The van der Waals surface area contributed by atoms with Crippen molar-refractivity contribution < 1.29 is 27.9 Å². The summed E-state index contributed by atoms with van der Waals surface area (Å²) in [6.07, 6.45) is 2.36. The third-order valence-electron chi connectivity index (χ3n) is 5.88. The van der Waals surface area contributed by atoms with Crippen LogP contribution in [0.4, 0.5) is 5.69 Å². The van der Waals surface area contributed by atoms with Crippen LogP contribution in [-0.2, 0) is 14.8 Å². The summed E-state index contributed by atoms with van der Waals surface area (Å²) >= 11 is 0. The number of aliphatic hydroxyl groups excluding tert-OH is 1. The number of benzene rings is 1. The lowest BCUT2D eigenvalue weighted by Crippen LogP contribution is -2.50. The van der Waals surface area contributed by atoms with E-state index in [1.807, 2.05) is 6.92 Å². The molecule has 1 aromatic rings. The normalized spacial score (nSPS) is 22.9. The zero-order valence-electron chi connectivity index (χ0n) is 18.4. The predicted molar refractivity (Wildman–Crippen MR) is 116 cm³/mol. The Labute approximate surface area is 183 Å². The molecule has 1 saturated carbocycles. The van der Waals surface area contributed by atoms with Crippen LogP contribution in [0.1, 0.15) is 37.0 Å². The van der Waals surface area contributed by atoms with E-state index in [9.17, 15) is 23.1 Å². The van der Waals surface area contributed by atoms with Gasteiger partial charge >= 0.3 is 0 Å². The number of aliphatic hydroxyl groups is 1. The molecule has 0 aromatic heterocycles. The van der Waals surface area contributed by atoms with Gasteiger partial charge < -0.3 is 20.1 Å². The number of nitrogens with one attached hydrogen (secondary N) is 1. The van der Waals surface area contributed by atoms with Gasteiger partial charge in [0.1, 0.15) is 11.9 Å². The fraction of sp³-hybridized carbons (Fsp3) is 0.619. The van der Waals surface area contributed by atoms with Crippen molar-refractivity contribution in [2.45, 2.75) is 38.8 Å². The summed E-state index contributed by atoms with van der Waals surface area (Å²) in [5.41, 5.74) is 0.774. The van der Waals surface area contributed by atoms with Crippen LogP contribution < -0.4 is 10.1 Å². The molecule has 0 radical (unpaired) electrons. The van der Waals surface area contributed by atoms with Gasteiger partial charge in [-0.1, -0.05) is 6.92 Å². The van der Waals surface area contributed by atoms with Gasteiger partial charge in [0.2, 0.25) is 15.9 Å². The SMILES string of the molecule is C[C@H]1CN([C@@H](C)CO)C(=O)c2cc(NC(=O)C3CC3)ccc2O[C@@H]1CN(C)S(C)(=O)=O. The molecule has 2 N–H and O–H groups in total. The maximum absolute atomic E-state index is 13.3. The minimum atomic E-state index is -3.41. The highest BCUT2D eigenvalue weighted by molar-refractivity contribution is 7.88. The molecule has 1 aliphatic heterocycles. The molecule has 10 heteroatoms. The number of ether oxygens (including phenoxy) is 1. The Kier molecular flexibility index (Phi) is 6.92. The number of sulfonamides is 1. The smallest absolute Gasteiger partial charge is 0.258 e. The van der Waals surface area contributed by atoms with Gasteiger partial charge in [0.05, 0.1) is 31.0 Å². The molecule has 0 spiro atoms. The van der Waals surface area contributed by atoms with Crippen LogP contribution in [0.25, 0.3) is 0 Å². The lowest BCUT2D eigenvalue weighted by Gasteiger charge is -2.38. The number of carbonyl (C=O) groups excluding carboxylic acids is 2. The largest absolute Gasteiger partial charge is 0.488 e. The van der Waals surface area contributed by atoms with Crippen molar-refractivity contribution >= 4 is 27.5 Å². The van der Waals surface area contributed by atoms with E-state index in [0.717, 1.165) is 19.1 Å². The number of rotatable bonds is 7. The number of carbonyl (C=O) groups is 2. The molecule has 2 amide bonds. The molecule has 172 valence electrons. The zero-order chi connectivity index (χ0) is 22.9. The molecule has 1 fully saturated rings. The van der Waals surface area contributed by atoms with Crippen molar-refractivity contribution in [1.29, 1.82) is 0 Å². The Morgan fingerprint density at radius 1 is 1.39 bits per heavy atom. The monoisotopic (exact) mass is 453 g/mol. The molecule has 1 aromatic carbocycles. The number of likely N-dealkylation sites (N-methyl/N-ethyl adjacent to an activating group) is 1. The molecule has 2 aliphatic rings. The van der Waals surface area contributed by atoms with E-state index >= 15 is 0 Å². The van der Waals surface area contributed by atoms with Gasteiger partial charge in [-0.2, -0.15) is 0 Å². The topological polar surface area (TPSA) is 116 Å². The second kappa shape index (κ2) is 9.13. The summed E-state index contributed by atoms with van der Waals surface area (Å²) in [6.45, 7) is 3.85. The molecule has 9 nitrogen and oxygen atoms in total. The molecule has 31 heavy (non-hydrogen) atoms. The summed E-state index contributed by atoms with van der Waals surface area (Å²) in [6, 6.07) is 4.46. The average Bonchev–Trinajstić information content (AvgIpc) is 3.55.